The molecule has 0 spiro atoms. The van der Waals surface area contributed by atoms with Crippen molar-refractivity contribution in [1.29, 1.82) is 0 Å². The van der Waals surface area contributed by atoms with E-state index in [1.165, 1.54) is 11.0 Å². The first-order valence-corrected chi connectivity index (χ1v) is 4.57. The Hall–Kier alpha value is -1.78. The molecule has 1 rings (SSSR count). The largest absolute Gasteiger partial charge is 0.481 e. The minimum atomic E-state index is -0.938. The van der Waals surface area contributed by atoms with Crippen molar-refractivity contribution in [2.24, 2.45) is 5.92 Å². The number of nitrogens with zero attached hydrogens (tertiary/aromatic N) is 1. The third-order valence-corrected chi connectivity index (χ3v) is 2.01. The first-order valence-electron chi connectivity index (χ1n) is 4.57. The molecule has 0 aromatic carbocycles. The van der Waals surface area contributed by atoms with Crippen molar-refractivity contribution in [2.45, 2.75) is 0 Å². The van der Waals surface area contributed by atoms with Crippen molar-refractivity contribution in [1.82, 2.24) is 4.90 Å². The van der Waals surface area contributed by atoms with E-state index < -0.39 is 18.0 Å². The second-order valence-electron chi connectivity index (χ2n) is 3.14. The fraction of sp³-hybridized carbons (Fsp3) is 0.400. The molecule has 0 fully saturated rings. The third-order valence-electron chi connectivity index (χ3n) is 2.01. The number of aliphatic carboxylic acids is 1. The Kier molecular flexibility index (Phi) is 3.91. The monoisotopic (exact) mass is 211 g/mol. The Labute approximate surface area is 87.6 Å². The summed E-state index contributed by atoms with van der Waals surface area (Å²) in [5.74, 6) is -1.58. The summed E-state index contributed by atoms with van der Waals surface area (Å²) in [6.45, 7) is 4.10. The van der Waals surface area contributed by atoms with Gasteiger partial charge in [-0.25, -0.2) is 4.79 Å². The van der Waals surface area contributed by atoms with E-state index in [2.05, 4.69) is 6.58 Å². The van der Waals surface area contributed by atoms with Gasteiger partial charge in [0.25, 0.3) is 0 Å². The second-order valence-corrected chi connectivity index (χ2v) is 3.14. The predicted molar refractivity (Wildman–Crippen MR) is 53.4 cm³/mol. The summed E-state index contributed by atoms with van der Waals surface area (Å²) in [7, 11) is 0. The average Bonchev–Trinajstić information content (AvgIpc) is 2.26. The van der Waals surface area contributed by atoms with Crippen LogP contribution in [-0.2, 0) is 9.53 Å². The fourth-order valence-electron chi connectivity index (χ4n) is 1.26. The zero-order chi connectivity index (χ0) is 11.3. The zero-order valence-electron chi connectivity index (χ0n) is 8.26. The molecule has 0 bridgehead atoms. The molecule has 0 aromatic rings. The SMILES string of the molecule is C=CCOC(=O)N1CC=CC(C(=O)O)C1. The number of carbonyl (C=O) groups excluding carboxylic acids is 1. The van der Waals surface area contributed by atoms with Gasteiger partial charge in [0.05, 0.1) is 5.92 Å². The molecular formula is C10H13NO4. The smallest absolute Gasteiger partial charge is 0.410 e. The van der Waals surface area contributed by atoms with Crippen LogP contribution in [0.5, 0.6) is 0 Å². The Morgan fingerprint density at radius 3 is 3.00 bits per heavy atom. The van der Waals surface area contributed by atoms with Gasteiger partial charge in [0.15, 0.2) is 0 Å². The van der Waals surface area contributed by atoms with Crippen LogP contribution in [-0.4, -0.2) is 41.8 Å². The Morgan fingerprint density at radius 2 is 2.40 bits per heavy atom. The van der Waals surface area contributed by atoms with Gasteiger partial charge in [-0.3, -0.25) is 4.79 Å². The topological polar surface area (TPSA) is 66.8 Å². The third kappa shape index (κ3) is 3.12. The van der Waals surface area contributed by atoms with Crippen molar-refractivity contribution in [3.63, 3.8) is 0 Å². The molecule has 1 aliphatic rings. The van der Waals surface area contributed by atoms with E-state index in [-0.39, 0.29) is 13.2 Å². The summed E-state index contributed by atoms with van der Waals surface area (Å²) in [6.07, 6.45) is 4.19. The molecule has 82 valence electrons. The summed E-state index contributed by atoms with van der Waals surface area (Å²) < 4.78 is 4.80. The molecule has 5 nitrogen and oxygen atoms in total. The van der Waals surface area contributed by atoms with Gasteiger partial charge in [0.2, 0.25) is 0 Å². The van der Waals surface area contributed by atoms with Crippen LogP contribution < -0.4 is 0 Å². The summed E-state index contributed by atoms with van der Waals surface area (Å²) in [5.41, 5.74) is 0. The molecule has 1 aliphatic heterocycles. The number of hydrogen-bond donors (Lipinski definition) is 1. The molecule has 0 aliphatic carbocycles. The number of carbonyl (C=O) groups is 2. The Morgan fingerprint density at radius 1 is 1.67 bits per heavy atom. The quantitative estimate of drug-likeness (QED) is 0.704. The molecule has 0 saturated carbocycles. The van der Waals surface area contributed by atoms with E-state index in [1.807, 2.05) is 0 Å². The van der Waals surface area contributed by atoms with Crippen molar-refractivity contribution in [3.8, 4) is 0 Å². The minimum Gasteiger partial charge on any atom is -0.481 e. The van der Waals surface area contributed by atoms with Crippen LogP contribution >= 0.6 is 0 Å². The highest BCUT2D eigenvalue weighted by molar-refractivity contribution is 5.75. The normalized spacial score (nSPS) is 19.7. The second kappa shape index (κ2) is 5.19. The van der Waals surface area contributed by atoms with Crippen LogP contribution in [0.1, 0.15) is 0 Å². The molecular weight excluding hydrogens is 198 g/mol. The first kappa shape index (κ1) is 11.3. The number of carboxylic acid groups (broad SMARTS) is 1. The maximum Gasteiger partial charge on any atom is 0.410 e. The number of ether oxygens (including phenoxy) is 1. The van der Waals surface area contributed by atoms with Gasteiger partial charge >= 0.3 is 12.1 Å². The van der Waals surface area contributed by atoms with E-state index in [1.54, 1.807) is 12.2 Å². The highest BCUT2D eigenvalue weighted by Crippen LogP contribution is 2.10. The van der Waals surface area contributed by atoms with Gasteiger partial charge in [0, 0.05) is 13.1 Å². The van der Waals surface area contributed by atoms with Gasteiger partial charge in [-0.05, 0) is 0 Å². The lowest BCUT2D eigenvalue weighted by Crippen LogP contribution is -2.40. The Balaban J connectivity index is 2.51. The lowest BCUT2D eigenvalue weighted by molar-refractivity contribution is -0.140. The molecule has 1 N–H and O–H groups in total. The van der Waals surface area contributed by atoms with Gasteiger partial charge in [-0.1, -0.05) is 24.8 Å². The number of hydrogen-bond acceptors (Lipinski definition) is 3. The summed E-state index contributed by atoms with van der Waals surface area (Å²) in [4.78, 5) is 23.4. The lowest BCUT2D eigenvalue weighted by Gasteiger charge is -2.25. The Bertz CT molecular complexity index is 298. The average molecular weight is 211 g/mol. The number of rotatable bonds is 3. The van der Waals surface area contributed by atoms with Crippen LogP contribution in [0.25, 0.3) is 0 Å². The highest BCUT2D eigenvalue weighted by Gasteiger charge is 2.25. The van der Waals surface area contributed by atoms with Gasteiger partial charge in [-0.2, -0.15) is 0 Å². The van der Waals surface area contributed by atoms with Crippen molar-refractivity contribution < 1.29 is 19.4 Å². The molecule has 1 unspecified atom stereocenters. The van der Waals surface area contributed by atoms with Gasteiger partial charge in [0.1, 0.15) is 6.61 Å². The van der Waals surface area contributed by atoms with Gasteiger partial charge < -0.3 is 14.7 Å². The summed E-state index contributed by atoms with van der Waals surface area (Å²) in [5, 5.41) is 8.77. The van der Waals surface area contributed by atoms with Crippen LogP contribution in [0, 0.1) is 5.92 Å². The standard InChI is InChI=1S/C10H13NO4/c1-2-6-15-10(14)11-5-3-4-8(7-11)9(12)13/h2-4,8H,1,5-7H2,(H,12,13). The van der Waals surface area contributed by atoms with Crippen molar-refractivity contribution in [2.75, 3.05) is 19.7 Å². The van der Waals surface area contributed by atoms with Crippen molar-refractivity contribution >= 4 is 12.1 Å². The molecule has 1 heterocycles. The van der Waals surface area contributed by atoms with Crippen LogP contribution in [0.2, 0.25) is 0 Å². The van der Waals surface area contributed by atoms with E-state index in [0.717, 1.165) is 0 Å². The molecule has 1 atom stereocenters. The number of carboxylic acids is 1. The summed E-state index contributed by atoms with van der Waals surface area (Å²) in [6, 6.07) is 0. The minimum absolute atomic E-state index is 0.136. The predicted octanol–water partition coefficient (Wildman–Crippen LogP) is 0.882. The summed E-state index contributed by atoms with van der Waals surface area (Å²) >= 11 is 0. The molecule has 5 heteroatoms. The van der Waals surface area contributed by atoms with Crippen molar-refractivity contribution in [3.05, 3.63) is 24.8 Å². The van der Waals surface area contributed by atoms with Crippen LogP contribution in [0.15, 0.2) is 24.8 Å². The molecule has 0 radical (unpaired) electrons. The van der Waals surface area contributed by atoms with E-state index >= 15 is 0 Å². The number of amides is 1. The fourth-order valence-corrected chi connectivity index (χ4v) is 1.26. The maximum atomic E-state index is 11.4. The zero-order valence-corrected chi connectivity index (χ0v) is 8.26. The maximum absolute atomic E-state index is 11.4. The lowest BCUT2D eigenvalue weighted by atomic mass is 10.1. The first-order chi connectivity index (χ1) is 7.15. The van der Waals surface area contributed by atoms with E-state index in [4.69, 9.17) is 9.84 Å². The van der Waals surface area contributed by atoms with E-state index in [9.17, 15) is 9.59 Å². The highest BCUT2D eigenvalue weighted by atomic mass is 16.6. The van der Waals surface area contributed by atoms with Crippen LogP contribution in [0.3, 0.4) is 0 Å². The van der Waals surface area contributed by atoms with Crippen LogP contribution in [0.4, 0.5) is 4.79 Å². The molecule has 15 heavy (non-hydrogen) atoms. The molecule has 0 aromatic heterocycles. The molecule has 1 amide bonds. The van der Waals surface area contributed by atoms with E-state index in [0.29, 0.717) is 6.54 Å². The molecule has 0 saturated heterocycles. The van der Waals surface area contributed by atoms with Gasteiger partial charge in [-0.15, -0.1) is 0 Å².